The van der Waals surface area contributed by atoms with Crippen LogP contribution < -0.4 is 0 Å². The summed E-state index contributed by atoms with van der Waals surface area (Å²) in [6.07, 6.45) is 10.2. The lowest BCUT2D eigenvalue weighted by Gasteiger charge is -2.55. The highest BCUT2D eigenvalue weighted by Gasteiger charge is 2.58. The fourth-order valence-corrected chi connectivity index (χ4v) is 8.08. The second kappa shape index (κ2) is 8.25. The van der Waals surface area contributed by atoms with E-state index in [2.05, 4.69) is 27.7 Å². The summed E-state index contributed by atoms with van der Waals surface area (Å²) in [5.41, 5.74) is 2.59. The lowest BCUT2D eigenvalue weighted by Crippen LogP contribution is -2.53. The predicted octanol–water partition coefficient (Wildman–Crippen LogP) is 6.15. The van der Waals surface area contributed by atoms with Crippen LogP contribution in [0.1, 0.15) is 92.4 Å². The number of hydrogen-bond acceptors (Lipinski definition) is 3. The van der Waals surface area contributed by atoms with Gasteiger partial charge in [0.15, 0.2) is 5.78 Å². The Bertz CT molecular complexity index is 891. The van der Waals surface area contributed by atoms with E-state index in [1.807, 2.05) is 6.08 Å². The number of rotatable bonds is 5. The molecular weight excluding hydrogens is 400 g/mol. The first-order chi connectivity index (χ1) is 15.0. The molecule has 4 aliphatic carbocycles. The van der Waals surface area contributed by atoms with Crippen LogP contribution in [0.2, 0.25) is 0 Å². The second-order valence-electron chi connectivity index (χ2n) is 11.9. The molecule has 0 spiro atoms. The first-order valence-corrected chi connectivity index (χ1v) is 12.7. The van der Waals surface area contributed by atoms with E-state index in [0.717, 1.165) is 38.5 Å². The van der Waals surface area contributed by atoms with E-state index in [4.69, 9.17) is 5.11 Å². The van der Waals surface area contributed by atoms with Gasteiger partial charge in [-0.1, -0.05) is 39.3 Å². The summed E-state index contributed by atoms with van der Waals surface area (Å²) >= 11 is 0. The Hall–Kier alpha value is -1.71. The third-order valence-electron chi connectivity index (χ3n) is 10.1. The smallest absolute Gasteiger partial charge is 0.330 e. The fourth-order valence-electron chi connectivity index (χ4n) is 8.08. The van der Waals surface area contributed by atoms with Gasteiger partial charge in [-0.2, -0.15) is 0 Å². The van der Waals surface area contributed by atoms with E-state index in [1.165, 1.54) is 17.6 Å². The largest absolute Gasteiger partial charge is 0.478 e. The summed E-state index contributed by atoms with van der Waals surface area (Å²) in [5.74, 6) is 2.10. The number of carbonyl (C=O) groups excluding carboxylic acids is 2. The highest BCUT2D eigenvalue weighted by atomic mass is 16.4. The zero-order chi connectivity index (χ0) is 23.4. The van der Waals surface area contributed by atoms with Gasteiger partial charge in [0.1, 0.15) is 5.78 Å². The molecule has 6 atom stereocenters. The molecule has 0 aromatic rings. The monoisotopic (exact) mass is 440 g/mol. The third kappa shape index (κ3) is 3.62. The Morgan fingerprint density at radius 1 is 1.16 bits per heavy atom. The fraction of sp³-hybridized carbons (Fsp3) is 0.750. The van der Waals surface area contributed by atoms with Gasteiger partial charge >= 0.3 is 5.97 Å². The summed E-state index contributed by atoms with van der Waals surface area (Å²) in [6.45, 7) is 10.5. The second-order valence-corrected chi connectivity index (χ2v) is 11.9. The maximum absolute atomic E-state index is 13.5. The molecule has 4 aliphatic rings. The van der Waals surface area contributed by atoms with E-state index in [0.29, 0.717) is 53.7 Å². The number of carbonyl (C=O) groups is 3. The molecule has 0 bridgehead atoms. The summed E-state index contributed by atoms with van der Waals surface area (Å²) < 4.78 is 0. The molecule has 1 N–H and O–H groups in total. The number of aliphatic carboxylic acids is 1. The highest BCUT2D eigenvalue weighted by Crippen LogP contribution is 2.63. The van der Waals surface area contributed by atoms with Crippen molar-refractivity contribution in [3.05, 3.63) is 22.8 Å². The SMILES string of the molecule is CC(=CCCC(C)C1CCC2C3=C(CCC21)C1(C)CCC(=O)C(C)(C)C1CC3=O)C(=O)O. The first-order valence-electron chi connectivity index (χ1n) is 12.7. The molecule has 32 heavy (non-hydrogen) atoms. The number of allylic oxidation sites excluding steroid dienone is 3. The summed E-state index contributed by atoms with van der Waals surface area (Å²) in [7, 11) is 0. The Kier molecular flexibility index (Phi) is 6.05. The van der Waals surface area contributed by atoms with Crippen LogP contribution in [0, 0.1) is 40.4 Å². The van der Waals surface area contributed by atoms with E-state index >= 15 is 0 Å². The molecule has 4 heteroatoms. The molecule has 0 aromatic heterocycles. The molecule has 0 amide bonds. The highest BCUT2D eigenvalue weighted by molar-refractivity contribution is 6.00. The van der Waals surface area contributed by atoms with Crippen molar-refractivity contribution in [1.29, 1.82) is 0 Å². The molecule has 6 unspecified atom stereocenters. The van der Waals surface area contributed by atoms with Crippen LogP contribution in [-0.2, 0) is 14.4 Å². The van der Waals surface area contributed by atoms with Crippen molar-refractivity contribution in [3.8, 4) is 0 Å². The number of fused-ring (bicyclic) bond motifs is 4. The van der Waals surface area contributed by atoms with Crippen molar-refractivity contribution in [2.75, 3.05) is 0 Å². The van der Waals surface area contributed by atoms with Gasteiger partial charge in [0.25, 0.3) is 0 Å². The van der Waals surface area contributed by atoms with Crippen LogP contribution in [-0.4, -0.2) is 22.6 Å². The van der Waals surface area contributed by atoms with Crippen LogP contribution in [0.3, 0.4) is 0 Å². The molecule has 2 fully saturated rings. The van der Waals surface area contributed by atoms with Gasteiger partial charge in [-0.3, -0.25) is 9.59 Å². The number of Topliss-reactive ketones (excluding diaryl/α,β-unsaturated/α-hetero) is 2. The van der Waals surface area contributed by atoms with Crippen molar-refractivity contribution in [1.82, 2.24) is 0 Å². The Morgan fingerprint density at radius 3 is 2.56 bits per heavy atom. The minimum absolute atomic E-state index is 0.00548. The molecule has 4 nitrogen and oxygen atoms in total. The van der Waals surface area contributed by atoms with Gasteiger partial charge in [0, 0.05) is 23.8 Å². The van der Waals surface area contributed by atoms with Crippen LogP contribution in [0.15, 0.2) is 22.8 Å². The molecule has 176 valence electrons. The molecule has 4 rings (SSSR count). The van der Waals surface area contributed by atoms with Crippen LogP contribution >= 0.6 is 0 Å². The van der Waals surface area contributed by atoms with Crippen molar-refractivity contribution >= 4 is 17.5 Å². The van der Waals surface area contributed by atoms with Gasteiger partial charge in [-0.25, -0.2) is 4.79 Å². The average molecular weight is 441 g/mol. The maximum atomic E-state index is 13.5. The molecule has 0 heterocycles. The molecule has 2 saturated carbocycles. The lowest BCUT2D eigenvalue weighted by atomic mass is 9.47. The average Bonchev–Trinajstić information content (AvgIpc) is 3.17. The lowest BCUT2D eigenvalue weighted by molar-refractivity contribution is -0.141. The van der Waals surface area contributed by atoms with Crippen LogP contribution in [0.25, 0.3) is 0 Å². The van der Waals surface area contributed by atoms with E-state index in [-0.39, 0.29) is 11.3 Å². The maximum Gasteiger partial charge on any atom is 0.330 e. The molecule has 0 aliphatic heterocycles. The minimum atomic E-state index is -0.833. The first kappa shape index (κ1) is 23.4. The number of carboxylic acids is 1. The summed E-state index contributed by atoms with van der Waals surface area (Å²) in [6, 6.07) is 0. The van der Waals surface area contributed by atoms with Crippen LogP contribution in [0.5, 0.6) is 0 Å². The predicted molar refractivity (Wildman–Crippen MR) is 125 cm³/mol. The van der Waals surface area contributed by atoms with E-state index < -0.39 is 11.4 Å². The van der Waals surface area contributed by atoms with E-state index in [9.17, 15) is 14.4 Å². The summed E-state index contributed by atoms with van der Waals surface area (Å²) in [5, 5.41) is 9.07. The van der Waals surface area contributed by atoms with Gasteiger partial charge in [-0.05, 0) is 92.4 Å². The van der Waals surface area contributed by atoms with Gasteiger partial charge in [-0.15, -0.1) is 0 Å². The number of hydrogen-bond donors (Lipinski definition) is 1. The Balaban J connectivity index is 1.55. The van der Waals surface area contributed by atoms with Gasteiger partial charge in [0.05, 0.1) is 0 Å². The zero-order valence-electron chi connectivity index (χ0n) is 20.5. The molecule has 0 aromatic carbocycles. The zero-order valence-corrected chi connectivity index (χ0v) is 20.5. The van der Waals surface area contributed by atoms with Gasteiger partial charge in [0.2, 0.25) is 0 Å². The number of carboxylic acid groups (broad SMARTS) is 1. The van der Waals surface area contributed by atoms with Crippen molar-refractivity contribution in [2.24, 2.45) is 40.4 Å². The van der Waals surface area contributed by atoms with Crippen molar-refractivity contribution < 1.29 is 19.5 Å². The quantitative estimate of drug-likeness (QED) is 0.520. The van der Waals surface area contributed by atoms with Crippen molar-refractivity contribution in [3.63, 3.8) is 0 Å². The molecule has 0 radical (unpaired) electrons. The standard InChI is InChI=1S/C28H40O4/c1-16(7-6-8-17(2)26(31)32)18-9-10-20-19(18)11-12-21-25(20)22(29)15-23-27(3,4)24(30)13-14-28(21,23)5/h8,16,18-20,23H,6-7,9-15H2,1-5H3,(H,31,32). The normalized spacial score (nSPS) is 37.6. The number of ketones is 2. The van der Waals surface area contributed by atoms with Gasteiger partial charge < -0.3 is 5.11 Å². The third-order valence-corrected chi connectivity index (χ3v) is 10.1. The summed E-state index contributed by atoms with van der Waals surface area (Å²) in [4.78, 5) is 37.2. The van der Waals surface area contributed by atoms with E-state index in [1.54, 1.807) is 6.92 Å². The Labute approximate surface area is 192 Å². The molecular formula is C28H40O4. The minimum Gasteiger partial charge on any atom is -0.478 e. The topological polar surface area (TPSA) is 71.4 Å². The molecule has 0 saturated heterocycles. The van der Waals surface area contributed by atoms with Crippen LogP contribution in [0.4, 0.5) is 0 Å². The van der Waals surface area contributed by atoms with Crippen molar-refractivity contribution in [2.45, 2.75) is 92.4 Å². The Morgan fingerprint density at radius 2 is 1.88 bits per heavy atom.